The first kappa shape index (κ1) is 7.21. The first-order valence-corrected chi connectivity index (χ1v) is 3.45. The molecular weight excluding hydrogens is 148 g/mol. The third-order valence-electron chi connectivity index (χ3n) is 1.26. The van der Waals surface area contributed by atoms with Gasteiger partial charge in [0.2, 0.25) is 0 Å². The Labute approximate surface area is 63.3 Å². The smallest absolute Gasteiger partial charge is 0.314 e. The highest BCUT2D eigenvalue weighted by Gasteiger charge is 1.90. The molecule has 1 N–H and O–H groups in total. The highest BCUT2D eigenvalue weighted by molar-refractivity contribution is 7.71. The molecule has 1 aromatic heterocycles. The fraction of sp³-hybridized carbons (Fsp3) is 0.333. The Balaban J connectivity index is 3.46. The summed E-state index contributed by atoms with van der Waals surface area (Å²) in [5.41, 5.74) is -0.144. The molecule has 1 heterocycles. The van der Waals surface area contributed by atoms with E-state index in [-0.39, 0.29) is 5.69 Å². The van der Waals surface area contributed by atoms with Crippen LogP contribution in [0.15, 0.2) is 17.1 Å². The number of aromatic nitrogens is 2. The van der Waals surface area contributed by atoms with Gasteiger partial charge >= 0.3 is 5.69 Å². The average molecular weight is 156 g/mol. The van der Waals surface area contributed by atoms with E-state index in [1.807, 2.05) is 6.92 Å². The Morgan fingerprint density at radius 2 is 2.50 bits per heavy atom. The third-order valence-corrected chi connectivity index (χ3v) is 1.62. The zero-order valence-corrected chi connectivity index (χ0v) is 6.44. The van der Waals surface area contributed by atoms with Crippen LogP contribution >= 0.6 is 12.2 Å². The molecule has 0 unspecified atom stereocenters. The Morgan fingerprint density at radius 1 is 1.80 bits per heavy atom. The summed E-state index contributed by atoms with van der Waals surface area (Å²) in [7, 11) is 0. The van der Waals surface area contributed by atoms with Gasteiger partial charge in [-0.1, -0.05) is 12.2 Å². The van der Waals surface area contributed by atoms with Gasteiger partial charge in [-0.15, -0.1) is 0 Å². The van der Waals surface area contributed by atoms with E-state index in [0.29, 0.717) is 11.2 Å². The van der Waals surface area contributed by atoms with Crippen LogP contribution in [0.5, 0.6) is 0 Å². The second-order valence-electron chi connectivity index (χ2n) is 1.87. The quantitative estimate of drug-likeness (QED) is 0.614. The summed E-state index contributed by atoms with van der Waals surface area (Å²) in [6, 6.07) is 1.69. The second kappa shape index (κ2) is 2.79. The number of H-pyrrole nitrogens is 1. The van der Waals surface area contributed by atoms with E-state index >= 15 is 0 Å². The van der Waals surface area contributed by atoms with Crippen molar-refractivity contribution in [1.82, 2.24) is 9.55 Å². The molecule has 1 aromatic rings. The first-order valence-electron chi connectivity index (χ1n) is 3.04. The zero-order valence-electron chi connectivity index (χ0n) is 5.63. The Hall–Kier alpha value is -0.900. The SMILES string of the molecule is CCn1c(=S)cc[nH]c1=O. The molecule has 0 spiro atoms. The molecule has 0 aliphatic heterocycles. The van der Waals surface area contributed by atoms with Crippen molar-refractivity contribution in [3.05, 3.63) is 27.4 Å². The van der Waals surface area contributed by atoms with Crippen molar-refractivity contribution in [2.45, 2.75) is 13.5 Å². The monoisotopic (exact) mass is 156 g/mol. The number of hydrogen-bond donors (Lipinski definition) is 1. The van der Waals surface area contributed by atoms with Crippen molar-refractivity contribution in [3.8, 4) is 0 Å². The molecule has 0 saturated carbocycles. The summed E-state index contributed by atoms with van der Waals surface area (Å²) < 4.78 is 2.07. The first-order chi connectivity index (χ1) is 4.75. The van der Waals surface area contributed by atoms with Crippen LogP contribution in [0, 0.1) is 4.64 Å². The minimum absolute atomic E-state index is 0.144. The molecule has 0 aromatic carbocycles. The molecule has 54 valence electrons. The van der Waals surface area contributed by atoms with Crippen LogP contribution in [0.4, 0.5) is 0 Å². The number of aromatic amines is 1. The molecule has 0 saturated heterocycles. The van der Waals surface area contributed by atoms with Crippen molar-refractivity contribution in [2.75, 3.05) is 0 Å². The molecule has 4 heteroatoms. The Bertz CT molecular complexity index is 297. The fourth-order valence-corrected chi connectivity index (χ4v) is 1.03. The second-order valence-corrected chi connectivity index (χ2v) is 2.28. The lowest BCUT2D eigenvalue weighted by Crippen LogP contribution is -2.21. The van der Waals surface area contributed by atoms with Gasteiger partial charge in [0.1, 0.15) is 4.64 Å². The summed E-state index contributed by atoms with van der Waals surface area (Å²) in [6.45, 7) is 2.50. The lowest BCUT2D eigenvalue weighted by molar-refractivity contribution is 0.688. The van der Waals surface area contributed by atoms with Gasteiger partial charge in [0.15, 0.2) is 0 Å². The van der Waals surface area contributed by atoms with Crippen LogP contribution in [-0.2, 0) is 6.54 Å². The summed E-state index contributed by atoms with van der Waals surface area (Å²) in [5, 5.41) is 0. The normalized spacial score (nSPS) is 9.70. The van der Waals surface area contributed by atoms with Gasteiger partial charge in [0.05, 0.1) is 0 Å². The average Bonchev–Trinajstić information content (AvgIpc) is 1.88. The molecule has 0 aliphatic rings. The van der Waals surface area contributed by atoms with E-state index in [1.54, 1.807) is 12.3 Å². The minimum atomic E-state index is -0.144. The predicted molar refractivity (Wildman–Crippen MR) is 41.6 cm³/mol. The molecule has 1 rings (SSSR count). The van der Waals surface area contributed by atoms with E-state index in [0.717, 1.165) is 0 Å². The van der Waals surface area contributed by atoms with Crippen LogP contribution in [0.2, 0.25) is 0 Å². The van der Waals surface area contributed by atoms with Crippen LogP contribution in [0.25, 0.3) is 0 Å². The van der Waals surface area contributed by atoms with E-state index in [4.69, 9.17) is 12.2 Å². The number of hydrogen-bond acceptors (Lipinski definition) is 2. The summed E-state index contributed by atoms with van der Waals surface area (Å²) in [5.74, 6) is 0. The summed E-state index contributed by atoms with van der Waals surface area (Å²) in [6.07, 6.45) is 1.55. The molecule has 10 heavy (non-hydrogen) atoms. The van der Waals surface area contributed by atoms with E-state index < -0.39 is 0 Å². The third kappa shape index (κ3) is 1.16. The van der Waals surface area contributed by atoms with E-state index in [1.165, 1.54) is 4.57 Å². The van der Waals surface area contributed by atoms with Crippen molar-refractivity contribution >= 4 is 12.2 Å². The van der Waals surface area contributed by atoms with Crippen molar-refractivity contribution in [3.63, 3.8) is 0 Å². The van der Waals surface area contributed by atoms with E-state index in [9.17, 15) is 4.79 Å². The standard InChI is InChI=1S/C6H8N2OS/c1-2-8-5(10)3-4-7-6(8)9/h3-4H,2H2,1H3,(H,7,9). The van der Waals surface area contributed by atoms with Crippen molar-refractivity contribution in [1.29, 1.82) is 0 Å². The number of nitrogens with one attached hydrogen (secondary N) is 1. The van der Waals surface area contributed by atoms with Crippen LogP contribution in [0.1, 0.15) is 6.92 Å². The van der Waals surface area contributed by atoms with Crippen LogP contribution < -0.4 is 5.69 Å². The molecular formula is C6H8N2OS. The summed E-state index contributed by atoms with van der Waals surface area (Å²) >= 11 is 4.88. The van der Waals surface area contributed by atoms with Gasteiger partial charge in [-0.3, -0.25) is 4.57 Å². The molecule has 0 bridgehead atoms. The van der Waals surface area contributed by atoms with Crippen LogP contribution in [0.3, 0.4) is 0 Å². The van der Waals surface area contributed by atoms with Gasteiger partial charge in [-0.05, 0) is 13.0 Å². The number of nitrogens with zero attached hydrogens (tertiary/aromatic N) is 1. The highest BCUT2D eigenvalue weighted by Crippen LogP contribution is 1.83. The van der Waals surface area contributed by atoms with E-state index in [2.05, 4.69) is 4.98 Å². The molecule has 0 atom stereocenters. The lowest BCUT2D eigenvalue weighted by Gasteiger charge is -1.97. The van der Waals surface area contributed by atoms with Gasteiger partial charge in [-0.25, -0.2) is 4.79 Å². The van der Waals surface area contributed by atoms with Gasteiger partial charge in [-0.2, -0.15) is 0 Å². The molecule has 0 aliphatic carbocycles. The fourth-order valence-electron chi connectivity index (χ4n) is 0.752. The highest BCUT2D eigenvalue weighted by atomic mass is 32.1. The van der Waals surface area contributed by atoms with Gasteiger partial charge < -0.3 is 4.98 Å². The van der Waals surface area contributed by atoms with Gasteiger partial charge in [0, 0.05) is 12.7 Å². The largest absolute Gasteiger partial charge is 0.326 e. The summed E-state index contributed by atoms with van der Waals surface area (Å²) in [4.78, 5) is 13.4. The molecule has 0 radical (unpaired) electrons. The van der Waals surface area contributed by atoms with Gasteiger partial charge in [0.25, 0.3) is 0 Å². The Morgan fingerprint density at radius 3 is 2.90 bits per heavy atom. The molecule has 0 fully saturated rings. The lowest BCUT2D eigenvalue weighted by atomic mass is 10.6. The van der Waals surface area contributed by atoms with Crippen LogP contribution in [-0.4, -0.2) is 9.55 Å². The molecule has 3 nitrogen and oxygen atoms in total. The maximum atomic E-state index is 10.9. The minimum Gasteiger partial charge on any atom is -0.314 e. The Kier molecular flexibility index (Phi) is 2.01. The molecule has 0 amide bonds. The topological polar surface area (TPSA) is 37.8 Å². The maximum absolute atomic E-state index is 10.9. The zero-order chi connectivity index (χ0) is 7.56. The predicted octanol–water partition coefficient (Wildman–Crippen LogP) is 0.926. The van der Waals surface area contributed by atoms with Crippen molar-refractivity contribution < 1.29 is 0 Å². The van der Waals surface area contributed by atoms with Crippen molar-refractivity contribution in [2.24, 2.45) is 0 Å². The maximum Gasteiger partial charge on any atom is 0.326 e. The number of rotatable bonds is 1.